The largest absolute Gasteiger partial charge is 0.385 e. The molecule has 0 saturated carbocycles. The van der Waals surface area contributed by atoms with Crippen LogP contribution in [0.4, 0.5) is 0 Å². The average Bonchev–Trinajstić information content (AvgIpc) is 3.14. The number of aryl methyl sites for hydroxylation is 1. The normalized spacial score (nSPS) is 11.3. The van der Waals surface area contributed by atoms with Crippen LogP contribution in [-0.2, 0) is 24.2 Å². The lowest BCUT2D eigenvalue weighted by Gasteiger charge is -2.23. The number of methoxy groups -OCH3 is 1. The van der Waals surface area contributed by atoms with Crippen LogP contribution in [0.2, 0.25) is 10.0 Å². The van der Waals surface area contributed by atoms with Crippen LogP contribution in [-0.4, -0.2) is 59.5 Å². The molecule has 2 rings (SSSR count). The van der Waals surface area contributed by atoms with Gasteiger partial charge in [0.15, 0.2) is 5.96 Å². The third kappa shape index (κ3) is 8.65. The summed E-state index contributed by atoms with van der Waals surface area (Å²) in [5.74, 6) is 1.80. The predicted molar refractivity (Wildman–Crippen MR) is 130 cm³/mol. The van der Waals surface area contributed by atoms with Gasteiger partial charge >= 0.3 is 0 Å². The summed E-state index contributed by atoms with van der Waals surface area (Å²) >= 11 is 12.2. The number of aliphatic imine (C=N–C) groups is 1. The predicted octanol–water partition coefficient (Wildman–Crippen LogP) is 3.88. The quantitative estimate of drug-likeness (QED) is 0.209. The second-order valence-electron chi connectivity index (χ2n) is 6.38. The number of hydrogen-bond donors (Lipinski definition) is 1. The number of halogens is 3. The monoisotopic (exact) mass is 554 g/mol. The molecule has 1 N–H and O–H groups in total. The average molecular weight is 555 g/mol. The van der Waals surface area contributed by atoms with Crippen molar-refractivity contribution in [1.29, 1.82) is 0 Å². The second-order valence-corrected chi connectivity index (χ2v) is 7.19. The molecule has 29 heavy (non-hydrogen) atoms. The van der Waals surface area contributed by atoms with E-state index < -0.39 is 0 Å². The first-order valence-corrected chi connectivity index (χ1v) is 10.1. The van der Waals surface area contributed by atoms with Crippen molar-refractivity contribution < 1.29 is 4.74 Å². The molecule has 0 unspecified atom stereocenters. The minimum absolute atomic E-state index is 0. The number of guanidine groups is 1. The molecule has 10 heteroatoms. The summed E-state index contributed by atoms with van der Waals surface area (Å²) in [6, 6.07) is 5.67. The molecule has 2 aromatic rings. The number of benzene rings is 1. The highest BCUT2D eigenvalue weighted by atomic mass is 127. The Morgan fingerprint density at radius 1 is 1.31 bits per heavy atom. The van der Waals surface area contributed by atoms with Gasteiger partial charge < -0.3 is 19.5 Å². The van der Waals surface area contributed by atoms with Gasteiger partial charge in [-0.2, -0.15) is 0 Å². The fourth-order valence-corrected chi connectivity index (χ4v) is 3.04. The molecule has 1 heterocycles. The van der Waals surface area contributed by atoms with Crippen LogP contribution in [0.1, 0.15) is 24.7 Å². The van der Waals surface area contributed by atoms with Gasteiger partial charge in [-0.3, -0.25) is 4.99 Å². The van der Waals surface area contributed by atoms with Crippen molar-refractivity contribution in [3.63, 3.8) is 0 Å². The molecule has 0 spiro atoms. The van der Waals surface area contributed by atoms with Crippen molar-refractivity contribution in [3.8, 4) is 0 Å². The first-order valence-electron chi connectivity index (χ1n) is 9.34. The summed E-state index contributed by atoms with van der Waals surface area (Å²) in [7, 11) is 3.70. The Bertz CT molecular complexity index is 771. The Balaban J connectivity index is 0.00000420. The fraction of sp³-hybridized carbons (Fsp3) is 0.526. The molecule has 7 nitrogen and oxygen atoms in total. The number of rotatable bonds is 10. The van der Waals surface area contributed by atoms with Gasteiger partial charge in [0.25, 0.3) is 0 Å². The molecule has 0 aliphatic heterocycles. The molecule has 0 amide bonds. The molecule has 0 radical (unpaired) electrons. The zero-order valence-corrected chi connectivity index (χ0v) is 20.9. The Kier molecular flexibility index (Phi) is 12.5. The van der Waals surface area contributed by atoms with Crippen LogP contribution in [0.25, 0.3) is 0 Å². The molecule has 0 atom stereocenters. The molecule has 0 fully saturated rings. The molecule has 0 aliphatic rings. The lowest BCUT2D eigenvalue weighted by atomic mass is 10.2. The van der Waals surface area contributed by atoms with Gasteiger partial charge in [0.2, 0.25) is 0 Å². The highest BCUT2D eigenvalue weighted by Crippen LogP contribution is 2.23. The molecule has 1 aromatic heterocycles. The van der Waals surface area contributed by atoms with Crippen molar-refractivity contribution in [2.75, 3.05) is 33.9 Å². The maximum atomic E-state index is 6.14. The SMILES string of the molecule is CCc1nncn1CCNC(=NCCCOC)N(C)Cc1ccc(Cl)c(Cl)c1.I. The summed E-state index contributed by atoms with van der Waals surface area (Å²) < 4.78 is 7.16. The van der Waals surface area contributed by atoms with E-state index in [-0.39, 0.29) is 24.0 Å². The zero-order chi connectivity index (χ0) is 20.4. The minimum Gasteiger partial charge on any atom is -0.385 e. The summed E-state index contributed by atoms with van der Waals surface area (Å²) in [6.07, 6.45) is 3.48. The lowest BCUT2D eigenvalue weighted by molar-refractivity contribution is 0.197. The summed E-state index contributed by atoms with van der Waals surface area (Å²) in [6.45, 7) is 5.61. The van der Waals surface area contributed by atoms with Crippen LogP contribution in [0.3, 0.4) is 0 Å². The second kappa shape index (κ2) is 14.0. The standard InChI is InChI=1S/C19H28Cl2N6O.HI/c1-4-18-25-24-14-27(18)10-9-23-19(22-8-5-11-28-3)26(2)13-15-6-7-16(20)17(21)12-15;/h6-7,12,14H,4-5,8-11,13H2,1-3H3,(H,22,23);1H. The van der Waals surface area contributed by atoms with E-state index in [1.54, 1.807) is 13.4 Å². The van der Waals surface area contributed by atoms with E-state index in [1.807, 2.05) is 25.2 Å². The smallest absolute Gasteiger partial charge is 0.194 e. The van der Waals surface area contributed by atoms with Crippen LogP contribution < -0.4 is 5.32 Å². The first kappa shape index (κ1) is 25.9. The number of hydrogen-bond acceptors (Lipinski definition) is 4. The Morgan fingerprint density at radius 3 is 2.79 bits per heavy atom. The first-order chi connectivity index (χ1) is 13.5. The Morgan fingerprint density at radius 2 is 2.10 bits per heavy atom. The van der Waals surface area contributed by atoms with Crippen LogP contribution in [0.5, 0.6) is 0 Å². The van der Waals surface area contributed by atoms with E-state index in [1.165, 1.54) is 0 Å². The van der Waals surface area contributed by atoms with Crippen molar-refractivity contribution in [3.05, 3.63) is 46.0 Å². The third-order valence-corrected chi connectivity index (χ3v) is 4.92. The van der Waals surface area contributed by atoms with E-state index in [4.69, 9.17) is 32.9 Å². The van der Waals surface area contributed by atoms with Crippen LogP contribution in [0, 0.1) is 0 Å². The van der Waals surface area contributed by atoms with Crippen molar-refractivity contribution in [2.24, 2.45) is 4.99 Å². The molecule has 162 valence electrons. The maximum absolute atomic E-state index is 6.14. The van der Waals surface area contributed by atoms with E-state index in [9.17, 15) is 0 Å². The third-order valence-electron chi connectivity index (χ3n) is 4.18. The van der Waals surface area contributed by atoms with Crippen LogP contribution in [0.15, 0.2) is 29.5 Å². The Hall–Kier alpha value is -1.10. The van der Waals surface area contributed by atoms with Crippen LogP contribution >= 0.6 is 47.2 Å². The van der Waals surface area contributed by atoms with Gasteiger partial charge in [-0.05, 0) is 24.1 Å². The molecule has 0 saturated heterocycles. The van der Waals surface area contributed by atoms with Gasteiger partial charge in [-0.15, -0.1) is 34.2 Å². The fourth-order valence-electron chi connectivity index (χ4n) is 2.72. The van der Waals surface area contributed by atoms with Crippen molar-refractivity contribution >= 4 is 53.1 Å². The van der Waals surface area contributed by atoms with Crippen molar-refractivity contribution in [2.45, 2.75) is 32.9 Å². The molecule has 0 aliphatic carbocycles. The lowest BCUT2D eigenvalue weighted by Crippen LogP contribution is -2.40. The molecule has 1 aromatic carbocycles. The number of nitrogens with zero attached hydrogens (tertiary/aromatic N) is 5. The highest BCUT2D eigenvalue weighted by molar-refractivity contribution is 14.0. The molecule has 0 bridgehead atoms. The topological polar surface area (TPSA) is 67.6 Å². The summed E-state index contributed by atoms with van der Waals surface area (Å²) in [4.78, 5) is 6.78. The summed E-state index contributed by atoms with van der Waals surface area (Å²) in [5, 5.41) is 12.6. The van der Waals surface area contributed by atoms with Gasteiger partial charge in [0.05, 0.1) is 10.0 Å². The van der Waals surface area contributed by atoms with Gasteiger partial charge in [-0.25, -0.2) is 0 Å². The van der Waals surface area contributed by atoms with E-state index >= 15 is 0 Å². The zero-order valence-electron chi connectivity index (χ0n) is 17.1. The summed E-state index contributed by atoms with van der Waals surface area (Å²) in [5.41, 5.74) is 1.07. The van der Waals surface area contributed by atoms with Gasteiger partial charge in [0.1, 0.15) is 12.2 Å². The number of aromatic nitrogens is 3. The van der Waals surface area contributed by atoms with Gasteiger partial charge in [-0.1, -0.05) is 36.2 Å². The Labute approximate surface area is 199 Å². The van der Waals surface area contributed by atoms with Crippen molar-refractivity contribution in [1.82, 2.24) is 25.0 Å². The number of ether oxygens (including phenoxy) is 1. The number of nitrogens with one attached hydrogen (secondary N) is 1. The maximum Gasteiger partial charge on any atom is 0.194 e. The van der Waals surface area contributed by atoms with E-state index in [0.717, 1.165) is 43.3 Å². The van der Waals surface area contributed by atoms with E-state index in [2.05, 4.69) is 31.9 Å². The van der Waals surface area contributed by atoms with Gasteiger partial charge in [0, 0.05) is 53.4 Å². The molecular weight excluding hydrogens is 526 g/mol. The minimum atomic E-state index is 0. The van der Waals surface area contributed by atoms with E-state index in [0.29, 0.717) is 29.7 Å². The highest BCUT2D eigenvalue weighted by Gasteiger charge is 2.09. The molecular formula is C19H29Cl2IN6O.